The predicted octanol–water partition coefficient (Wildman–Crippen LogP) is 1.42. The summed E-state index contributed by atoms with van der Waals surface area (Å²) in [6, 6.07) is 0. The van der Waals surface area contributed by atoms with Crippen LogP contribution in [0.5, 0.6) is 0 Å². The van der Waals surface area contributed by atoms with E-state index in [1.54, 1.807) is 6.92 Å². The van der Waals surface area contributed by atoms with E-state index in [1.165, 1.54) is 4.31 Å². The van der Waals surface area contributed by atoms with Crippen molar-refractivity contribution in [3.05, 3.63) is 21.6 Å². The minimum Gasteiger partial charge on any atom is -0.480 e. The molecule has 0 bridgehead atoms. The van der Waals surface area contributed by atoms with Crippen LogP contribution in [0.3, 0.4) is 0 Å². The predicted molar refractivity (Wildman–Crippen MR) is 93.5 cm³/mol. The molecule has 136 valence electrons. The Morgan fingerprint density at radius 3 is 2.52 bits per heavy atom. The molecule has 0 unspecified atom stereocenters. The van der Waals surface area contributed by atoms with E-state index >= 15 is 0 Å². The summed E-state index contributed by atoms with van der Waals surface area (Å²) >= 11 is 1.14. The first-order chi connectivity index (χ1) is 11.8. The quantitative estimate of drug-likeness (QED) is 0.852. The van der Waals surface area contributed by atoms with Crippen molar-refractivity contribution in [1.82, 2.24) is 13.9 Å². The summed E-state index contributed by atoms with van der Waals surface area (Å²) in [5.74, 6) is -1.19. The number of carbonyl (C=O) groups is 1. The van der Waals surface area contributed by atoms with Gasteiger partial charge >= 0.3 is 5.97 Å². The van der Waals surface area contributed by atoms with Crippen LogP contribution in [-0.2, 0) is 21.4 Å². The minimum atomic E-state index is -3.82. The average Bonchev–Trinajstić information content (AvgIpc) is 2.73. The third-order valence-corrected chi connectivity index (χ3v) is 7.48. The van der Waals surface area contributed by atoms with Gasteiger partial charge in [0.15, 0.2) is 0 Å². The number of sulfonamides is 1. The van der Waals surface area contributed by atoms with E-state index in [9.17, 15) is 18.0 Å². The number of rotatable bonds is 4. The molecule has 0 radical (unpaired) electrons. The molecule has 2 aromatic rings. The normalized spacial score (nSPS) is 16.8. The molecule has 2 aromatic heterocycles. The minimum absolute atomic E-state index is 0.00417. The summed E-state index contributed by atoms with van der Waals surface area (Å²) in [7, 11) is -3.82. The number of aromatic nitrogens is 2. The molecule has 1 saturated heterocycles. The fraction of sp³-hybridized carbons (Fsp3) is 0.533. The monoisotopic (exact) mass is 385 g/mol. The SMILES string of the molecule is Cc1sc2ncn(CC(=O)O)c(=O)c2c1S(=O)(=O)N1CCCCCC1. The first-order valence-corrected chi connectivity index (χ1v) is 10.3. The molecule has 10 heteroatoms. The zero-order valence-electron chi connectivity index (χ0n) is 13.8. The highest BCUT2D eigenvalue weighted by Crippen LogP contribution is 2.33. The Balaban J connectivity index is 2.19. The van der Waals surface area contributed by atoms with Crippen LogP contribution < -0.4 is 5.56 Å². The lowest BCUT2D eigenvalue weighted by Gasteiger charge is -2.20. The van der Waals surface area contributed by atoms with Crippen molar-refractivity contribution in [2.75, 3.05) is 13.1 Å². The van der Waals surface area contributed by atoms with Crippen LogP contribution in [0, 0.1) is 6.92 Å². The van der Waals surface area contributed by atoms with E-state index in [0.717, 1.165) is 47.9 Å². The Kier molecular flexibility index (Phi) is 4.94. The maximum atomic E-state index is 13.2. The highest BCUT2D eigenvalue weighted by molar-refractivity contribution is 7.89. The zero-order chi connectivity index (χ0) is 18.2. The number of fused-ring (bicyclic) bond motifs is 1. The lowest BCUT2D eigenvalue weighted by atomic mass is 10.2. The van der Waals surface area contributed by atoms with E-state index < -0.39 is 28.1 Å². The van der Waals surface area contributed by atoms with Gasteiger partial charge in [-0.2, -0.15) is 4.31 Å². The van der Waals surface area contributed by atoms with Crippen molar-refractivity contribution < 1.29 is 18.3 Å². The maximum Gasteiger partial charge on any atom is 0.323 e. The molecule has 8 nitrogen and oxygen atoms in total. The summed E-state index contributed by atoms with van der Waals surface area (Å²) in [6.45, 7) is 1.96. The molecule has 1 fully saturated rings. The molecule has 3 rings (SSSR count). The molecule has 0 spiro atoms. The Labute approximate surface area is 148 Å². The first-order valence-electron chi connectivity index (χ1n) is 8.03. The van der Waals surface area contributed by atoms with Crippen LogP contribution >= 0.6 is 11.3 Å². The molecule has 0 saturated carbocycles. The number of thiophene rings is 1. The van der Waals surface area contributed by atoms with Gasteiger partial charge in [0.1, 0.15) is 16.3 Å². The van der Waals surface area contributed by atoms with Crippen LogP contribution in [0.2, 0.25) is 0 Å². The smallest absolute Gasteiger partial charge is 0.323 e. The van der Waals surface area contributed by atoms with Crippen molar-refractivity contribution in [1.29, 1.82) is 0 Å². The molecule has 0 aliphatic carbocycles. The summed E-state index contributed by atoms with van der Waals surface area (Å²) < 4.78 is 28.7. The largest absolute Gasteiger partial charge is 0.480 e. The molecular formula is C15H19N3O5S2. The number of aliphatic carboxylic acids is 1. The summed E-state index contributed by atoms with van der Waals surface area (Å²) in [4.78, 5) is 28.5. The molecule has 1 aliphatic heterocycles. The van der Waals surface area contributed by atoms with Crippen molar-refractivity contribution in [2.24, 2.45) is 0 Å². The van der Waals surface area contributed by atoms with E-state index in [1.807, 2.05) is 0 Å². The number of carboxylic acid groups (broad SMARTS) is 1. The summed E-state index contributed by atoms with van der Waals surface area (Å²) in [5, 5.41) is 8.92. The Morgan fingerprint density at radius 2 is 1.92 bits per heavy atom. The van der Waals surface area contributed by atoms with E-state index in [0.29, 0.717) is 22.8 Å². The second-order valence-electron chi connectivity index (χ2n) is 6.06. The van der Waals surface area contributed by atoms with Crippen molar-refractivity contribution >= 4 is 37.5 Å². The third-order valence-electron chi connectivity index (χ3n) is 4.27. The number of carboxylic acids is 1. The van der Waals surface area contributed by atoms with Gasteiger partial charge in [-0.3, -0.25) is 14.2 Å². The molecule has 0 aromatic carbocycles. The van der Waals surface area contributed by atoms with Crippen molar-refractivity contribution in [2.45, 2.75) is 44.0 Å². The lowest BCUT2D eigenvalue weighted by Crippen LogP contribution is -2.33. The molecule has 1 aliphatic rings. The summed E-state index contributed by atoms with van der Waals surface area (Å²) in [5.41, 5.74) is -0.634. The number of hydrogen-bond acceptors (Lipinski definition) is 6. The van der Waals surface area contributed by atoms with Crippen LogP contribution in [0.1, 0.15) is 30.6 Å². The Bertz CT molecular complexity index is 969. The van der Waals surface area contributed by atoms with Gasteiger partial charge in [0.25, 0.3) is 5.56 Å². The molecule has 0 amide bonds. The van der Waals surface area contributed by atoms with Crippen molar-refractivity contribution in [3.8, 4) is 0 Å². The van der Waals surface area contributed by atoms with Crippen molar-refractivity contribution in [3.63, 3.8) is 0 Å². The second kappa shape index (κ2) is 6.85. The highest BCUT2D eigenvalue weighted by Gasteiger charge is 2.32. The van der Waals surface area contributed by atoms with E-state index in [4.69, 9.17) is 5.11 Å². The third kappa shape index (κ3) is 3.33. The van der Waals surface area contributed by atoms with Gasteiger partial charge in [-0.1, -0.05) is 12.8 Å². The molecule has 1 N–H and O–H groups in total. The highest BCUT2D eigenvalue weighted by atomic mass is 32.2. The molecular weight excluding hydrogens is 366 g/mol. The standard InChI is InChI=1S/C15H19N3O5S2/c1-10-13(25(22,23)18-6-4-2-3-5-7-18)12-14(24-10)16-9-17(15(12)21)8-11(19)20/h9H,2-8H2,1H3,(H,19,20). The Hall–Kier alpha value is -1.78. The molecule has 3 heterocycles. The summed E-state index contributed by atoms with van der Waals surface area (Å²) in [6.07, 6.45) is 4.71. The van der Waals surface area contributed by atoms with Gasteiger partial charge in [0, 0.05) is 18.0 Å². The molecule has 0 atom stereocenters. The van der Waals surface area contributed by atoms with Gasteiger partial charge in [-0.15, -0.1) is 11.3 Å². The van der Waals surface area contributed by atoms with Crippen LogP contribution in [0.4, 0.5) is 0 Å². The zero-order valence-corrected chi connectivity index (χ0v) is 15.4. The second-order valence-corrected chi connectivity index (χ2v) is 9.14. The van der Waals surface area contributed by atoms with Gasteiger partial charge in [0.05, 0.1) is 11.7 Å². The average molecular weight is 385 g/mol. The topological polar surface area (TPSA) is 110 Å². The van der Waals surface area contributed by atoms with Crippen LogP contribution in [0.15, 0.2) is 16.0 Å². The fourth-order valence-electron chi connectivity index (χ4n) is 3.09. The van der Waals surface area contributed by atoms with Gasteiger partial charge in [-0.05, 0) is 19.8 Å². The first kappa shape index (κ1) is 18.0. The number of nitrogens with zero attached hydrogens (tertiary/aromatic N) is 3. The van der Waals surface area contributed by atoms with E-state index in [-0.39, 0.29) is 10.3 Å². The van der Waals surface area contributed by atoms with Gasteiger partial charge < -0.3 is 5.11 Å². The van der Waals surface area contributed by atoms with Crippen LogP contribution in [0.25, 0.3) is 10.2 Å². The van der Waals surface area contributed by atoms with Crippen LogP contribution in [-0.4, -0.2) is 46.4 Å². The lowest BCUT2D eigenvalue weighted by molar-refractivity contribution is -0.137. The van der Waals surface area contributed by atoms with Gasteiger partial charge in [0.2, 0.25) is 10.0 Å². The molecule has 25 heavy (non-hydrogen) atoms. The van der Waals surface area contributed by atoms with Gasteiger partial charge in [-0.25, -0.2) is 13.4 Å². The van der Waals surface area contributed by atoms with E-state index in [2.05, 4.69) is 4.98 Å². The number of hydrogen-bond donors (Lipinski definition) is 1. The Morgan fingerprint density at radius 1 is 1.28 bits per heavy atom. The number of aryl methyl sites for hydroxylation is 1. The fourth-order valence-corrected chi connectivity index (χ4v) is 6.28. The maximum absolute atomic E-state index is 13.2.